The zero-order valence-electron chi connectivity index (χ0n) is 13.9. The maximum atomic E-state index is 12.5. The van der Waals surface area contributed by atoms with Crippen molar-refractivity contribution < 1.29 is 17.9 Å². The van der Waals surface area contributed by atoms with Crippen LogP contribution in [0.3, 0.4) is 0 Å². The van der Waals surface area contributed by atoms with E-state index >= 15 is 0 Å². The number of nitrogens with one attached hydrogen (secondary N) is 2. The van der Waals surface area contributed by atoms with Gasteiger partial charge in [-0.05, 0) is 55.3 Å². The predicted octanol–water partition coefficient (Wildman–Crippen LogP) is 3.05. The molecule has 0 bridgehead atoms. The van der Waals surface area contributed by atoms with Crippen LogP contribution < -0.4 is 10.0 Å². The number of ether oxygens (including phenoxy) is 1. The molecule has 1 atom stereocenters. The van der Waals surface area contributed by atoms with Gasteiger partial charge in [0.2, 0.25) is 0 Å². The number of rotatable bonds is 6. The summed E-state index contributed by atoms with van der Waals surface area (Å²) >= 11 is 5.80. The lowest BCUT2D eigenvalue weighted by atomic mass is 10.2. The summed E-state index contributed by atoms with van der Waals surface area (Å²) in [5.74, 6) is -0.330. The van der Waals surface area contributed by atoms with Crippen molar-refractivity contribution in [3.05, 3.63) is 59.1 Å². The van der Waals surface area contributed by atoms with Crippen LogP contribution in [-0.4, -0.2) is 33.6 Å². The predicted molar refractivity (Wildman–Crippen MR) is 100 cm³/mol. The summed E-state index contributed by atoms with van der Waals surface area (Å²) in [4.78, 5) is 12.3. The number of sulfonamides is 1. The van der Waals surface area contributed by atoms with Crippen molar-refractivity contribution in [1.29, 1.82) is 0 Å². The van der Waals surface area contributed by atoms with E-state index in [1.807, 2.05) is 0 Å². The van der Waals surface area contributed by atoms with Crippen molar-refractivity contribution in [3.63, 3.8) is 0 Å². The Bertz CT molecular complexity index is 878. The Morgan fingerprint density at radius 2 is 1.96 bits per heavy atom. The normalized spacial score (nSPS) is 17.0. The minimum atomic E-state index is -3.81. The Hall–Kier alpha value is -2.09. The van der Waals surface area contributed by atoms with Crippen LogP contribution in [0.2, 0.25) is 5.02 Å². The number of carbonyl (C=O) groups is 1. The fourth-order valence-corrected chi connectivity index (χ4v) is 3.88. The molecule has 1 unspecified atom stereocenters. The smallest absolute Gasteiger partial charge is 0.261 e. The summed E-state index contributed by atoms with van der Waals surface area (Å²) in [6.45, 7) is 1.13. The van der Waals surface area contributed by atoms with Gasteiger partial charge in [0.15, 0.2) is 0 Å². The molecule has 1 fully saturated rings. The fraction of sp³-hybridized carbons (Fsp3) is 0.278. The van der Waals surface area contributed by atoms with Crippen molar-refractivity contribution in [1.82, 2.24) is 5.32 Å². The molecule has 0 aromatic heterocycles. The molecule has 1 heterocycles. The molecule has 1 amide bonds. The minimum absolute atomic E-state index is 0.0113. The third-order valence-electron chi connectivity index (χ3n) is 4.02. The van der Waals surface area contributed by atoms with Crippen molar-refractivity contribution in [2.75, 3.05) is 17.9 Å². The number of hydrogen-bond acceptors (Lipinski definition) is 4. The average molecular weight is 395 g/mol. The Morgan fingerprint density at radius 3 is 2.65 bits per heavy atom. The first-order valence-electron chi connectivity index (χ1n) is 8.22. The van der Waals surface area contributed by atoms with Crippen LogP contribution >= 0.6 is 11.6 Å². The first kappa shape index (κ1) is 18.7. The van der Waals surface area contributed by atoms with E-state index in [0.717, 1.165) is 12.8 Å². The molecule has 0 radical (unpaired) electrons. The third-order valence-corrected chi connectivity index (χ3v) is 5.65. The zero-order valence-corrected chi connectivity index (χ0v) is 15.5. The highest BCUT2D eigenvalue weighted by molar-refractivity contribution is 7.92. The Morgan fingerprint density at radius 1 is 1.19 bits per heavy atom. The highest BCUT2D eigenvalue weighted by Crippen LogP contribution is 2.19. The molecule has 26 heavy (non-hydrogen) atoms. The van der Waals surface area contributed by atoms with Crippen molar-refractivity contribution in [2.24, 2.45) is 0 Å². The average Bonchev–Trinajstić information content (AvgIpc) is 3.15. The van der Waals surface area contributed by atoms with E-state index in [4.69, 9.17) is 16.3 Å². The van der Waals surface area contributed by atoms with Gasteiger partial charge in [-0.2, -0.15) is 0 Å². The van der Waals surface area contributed by atoms with E-state index in [-0.39, 0.29) is 22.5 Å². The number of halogens is 1. The summed E-state index contributed by atoms with van der Waals surface area (Å²) < 4.78 is 33.0. The van der Waals surface area contributed by atoms with Gasteiger partial charge in [-0.25, -0.2) is 8.42 Å². The van der Waals surface area contributed by atoms with Crippen molar-refractivity contribution in [3.8, 4) is 0 Å². The van der Waals surface area contributed by atoms with Crippen LogP contribution in [-0.2, 0) is 14.8 Å². The second-order valence-corrected chi connectivity index (χ2v) is 8.10. The molecule has 2 N–H and O–H groups in total. The number of anilines is 1. The molecule has 0 aliphatic carbocycles. The highest BCUT2D eigenvalue weighted by Gasteiger charge is 2.19. The van der Waals surface area contributed by atoms with Gasteiger partial charge in [0.05, 0.1) is 11.0 Å². The van der Waals surface area contributed by atoms with Gasteiger partial charge in [0.25, 0.3) is 15.9 Å². The van der Waals surface area contributed by atoms with Crippen LogP contribution in [0.15, 0.2) is 53.4 Å². The quantitative estimate of drug-likeness (QED) is 0.788. The number of benzene rings is 2. The zero-order chi connectivity index (χ0) is 18.6. The van der Waals surface area contributed by atoms with E-state index < -0.39 is 10.0 Å². The molecule has 0 saturated carbocycles. The number of hydrogen-bond donors (Lipinski definition) is 2. The molecular weight excluding hydrogens is 376 g/mol. The lowest BCUT2D eigenvalue weighted by Crippen LogP contribution is -2.31. The van der Waals surface area contributed by atoms with Crippen LogP contribution in [0.25, 0.3) is 0 Å². The first-order chi connectivity index (χ1) is 12.4. The van der Waals surface area contributed by atoms with E-state index in [1.54, 1.807) is 30.3 Å². The third kappa shape index (κ3) is 4.75. The molecule has 1 aliphatic heterocycles. The van der Waals surface area contributed by atoms with Crippen LogP contribution in [0.5, 0.6) is 0 Å². The number of amides is 1. The van der Waals surface area contributed by atoms with Gasteiger partial charge in [0.1, 0.15) is 0 Å². The molecule has 6 nitrogen and oxygen atoms in total. The minimum Gasteiger partial charge on any atom is -0.376 e. The Labute approximate surface area is 157 Å². The van der Waals surface area contributed by atoms with Crippen LogP contribution in [0.4, 0.5) is 5.69 Å². The topological polar surface area (TPSA) is 84.5 Å². The Balaban J connectivity index is 1.70. The monoisotopic (exact) mass is 394 g/mol. The van der Waals surface area contributed by atoms with E-state index in [0.29, 0.717) is 23.9 Å². The highest BCUT2D eigenvalue weighted by atomic mass is 35.5. The second kappa shape index (κ2) is 8.07. The molecule has 1 saturated heterocycles. The maximum Gasteiger partial charge on any atom is 0.261 e. The van der Waals surface area contributed by atoms with E-state index in [2.05, 4.69) is 10.0 Å². The molecule has 8 heteroatoms. The molecule has 3 rings (SSSR count). The van der Waals surface area contributed by atoms with Crippen molar-refractivity contribution in [2.45, 2.75) is 23.8 Å². The SMILES string of the molecule is O=C(NCC1CCCO1)c1cccc(S(=O)(=O)Nc2ccc(Cl)cc2)c1. The molecule has 1 aliphatic rings. The molecule has 0 spiro atoms. The molecule has 138 valence electrons. The molecule has 2 aromatic carbocycles. The standard InChI is InChI=1S/C18H19ClN2O4S/c19-14-6-8-15(9-7-14)21-26(23,24)17-5-1-3-13(11-17)18(22)20-12-16-4-2-10-25-16/h1,3,5-9,11,16,21H,2,4,10,12H2,(H,20,22). The summed E-state index contributed by atoms with van der Waals surface area (Å²) in [6, 6.07) is 12.2. The fourth-order valence-electron chi connectivity index (χ4n) is 2.65. The maximum absolute atomic E-state index is 12.5. The van der Waals surface area contributed by atoms with E-state index in [9.17, 15) is 13.2 Å². The van der Waals surface area contributed by atoms with Gasteiger partial charge in [-0.3, -0.25) is 9.52 Å². The van der Waals surface area contributed by atoms with Gasteiger partial charge < -0.3 is 10.1 Å². The van der Waals surface area contributed by atoms with Crippen LogP contribution in [0, 0.1) is 0 Å². The summed E-state index contributed by atoms with van der Waals surface area (Å²) in [7, 11) is -3.81. The first-order valence-corrected chi connectivity index (χ1v) is 10.1. The lowest BCUT2D eigenvalue weighted by molar-refractivity contribution is 0.0857. The summed E-state index contributed by atoms with van der Waals surface area (Å²) in [5, 5.41) is 3.29. The van der Waals surface area contributed by atoms with Gasteiger partial charge >= 0.3 is 0 Å². The summed E-state index contributed by atoms with van der Waals surface area (Å²) in [5.41, 5.74) is 0.671. The Kier molecular flexibility index (Phi) is 5.80. The molecule has 2 aromatic rings. The van der Waals surface area contributed by atoms with E-state index in [1.165, 1.54) is 18.2 Å². The lowest BCUT2D eigenvalue weighted by Gasteiger charge is -2.12. The van der Waals surface area contributed by atoms with Gasteiger partial charge in [-0.15, -0.1) is 0 Å². The van der Waals surface area contributed by atoms with Crippen molar-refractivity contribution >= 4 is 33.2 Å². The molecular formula is C18H19ClN2O4S. The van der Waals surface area contributed by atoms with Crippen LogP contribution in [0.1, 0.15) is 23.2 Å². The summed E-state index contributed by atoms with van der Waals surface area (Å²) in [6.07, 6.45) is 1.93. The van der Waals surface area contributed by atoms with Gasteiger partial charge in [0, 0.05) is 29.4 Å². The number of carbonyl (C=O) groups excluding carboxylic acids is 1. The largest absolute Gasteiger partial charge is 0.376 e. The van der Waals surface area contributed by atoms with Gasteiger partial charge in [-0.1, -0.05) is 17.7 Å². The second-order valence-electron chi connectivity index (χ2n) is 5.99.